The van der Waals surface area contributed by atoms with E-state index >= 15 is 0 Å². The van der Waals surface area contributed by atoms with Crippen molar-refractivity contribution in [2.45, 2.75) is 33.6 Å². The molecule has 0 unspecified atom stereocenters. The summed E-state index contributed by atoms with van der Waals surface area (Å²) >= 11 is 0. The van der Waals surface area contributed by atoms with Gasteiger partial charge in [-0.3, -0.25) is 9.48 Å². The molecule has 78 valence electrons. The maximum atomic E-state index is 11.6. The molecule has 0 fully saturated rings. The Morgan fingerprint density at radius 2 is 2.21 bits per heavy atom. The second-order valence-corrected chi connectivity index (χ2v) is 3.91. The summed E-state index contributed by atoms with van der Waals surface area (Å²) in [6, 6.07) is 1.91. The van der Waals surface area contributed by atoms with Crippen molar-refractivity contribution < 1.29 is 4.79 Å². The van der Waals surface area contributed by atoms with Gasteiger partial charge in [0.25, 0.3) is 0 Å². The van der Waals surface area contributed by atoms with Crippen LogP contribution in [0.4, 0.5) is 0 Å². The average molecular weight is 194 g/mol. The van der Waals surface area contributed by atoms with Gasteiger partial charge in [0.2, 0.25) is 0 Å². The molecule has 0 aliphatic rings. The van der Waals surface area contributed by atoms with E-state index in [1.807, 2.05) is 27.0 Å². The minimum atomic E-state index is 0.0272. The third kappa shape index (κ3) is 2.22. The number of hydrogen-bond donors (Lipinski definition) is 0. The molecule has 1 aromatic rings. The quantitative estimate of drug-likeness (QED) is 0.689. The molecule has 3 heteroatoms. The van der Waals surface area contributed by atoms with Crippen LogP contribution in [0, 0.1) is 5.92 Å². The summed E-state index contributed by atoms with van der Waals surface area (Å²) in [5.41, 5.74) is 1.74. The molecular formula is C11H18N2O. The number of aromatic nitrogens is 2. The summed E-state index contributed by atoms with van der Waals surface area (Å²) in [4.78, 5) is 11.6. The van der Waals surface area contributed by atoms with Gasteiger partial charge in [-0.2, -0.15) is 5.10 Å². The molecule has 0 aromatic carbocycles. The highest BCUT2D eigenvalue weighted by Crippen LogP contribution is 2.10. The first-order valence-electron chi connectivity index (χ1n) is 5.13. The van der Waals surface area contributed by atoms with Crippen molar-refractivity contribution in [1.82, 2.24) is 9.78 Å². The molecule has 3 nitrogen and oxygen atoms in total. The fraction of sp³-hybridized carbons (Fsp3) is 0.636. The molecule has 0 radical (unpaired) electrons. The van der Waals surface area contributed by atoms with E-state index in [9.17, 15) is 4.79 Å². The molecule has 0 amide bonds. The molecular weight excluding hydrogens is 176 g/mol. The van der Waals surface area contributed by atoms with Gasteiger partial charge in [0, 0.05) is 18.7 Å². The van der Waals surface area contributed by atoms with Crippen molar-refractivity contribution >= 4 is 5.78 Å². The first-order valence-corrected chi connectivity index (χ1v) is 5.13. The lowest BCUT2D eigenvalue weighted by molar-refractivity contribution is 0.0933. The van der Waals surface area contributed by atoms with Crippen LogP contribution in [-0.4, -0.2) is 15.6 Å². The van der Waals surface area contributed by atoms with Gasteiger partial charge in [0.05, 0.1) is 0 Å². The first-order chi connectivity index (χ1) is 6.56. The largest absolute Gasteiger partial charge is 0.292 e. The van der Waals surface area contributed by atoms with E-state index in [0.717, 1.165) is 18.5 Å². The molecule has 0 aliphatic heterocycles. The van der Waals surface area contributed by atoms with E-state index in [1.54, 1.807) is 4.68 Å². The van der Waals surface area contributed by atoms with Crippen LogP contribution in [0.2, 0.25) is 0 Å². The van der Waals surface area contributed by atoms with Crippen LogP contribution in [0.3, 0.4) is 0 Å². The summed E-state index contributed by atoms with van der Waals surface area (Å²) in [5, 5.41) is 4.22. The molecule has 0 aliphatic carbocycles. The number of nitrogens with zero attached hydrogens (tertiary/aromatic N) is 2. The fourth-order valence-corrected chi connectivity index (χ4v) is 1.41. The number of hydrogen-bond acceptors (Lipinski definition) is 2. The summed E-state index contributed by atoms with van der Waals surface area (Å²) < 4.78 is 1.80. The topological polar surface area (TPSA) is 34.9 Å². The van der Waals surface area contributed by atoms with Gasteiger partial charge in [0.15, 0.2) is 5.78 Å². The van der Waals surface area contributed by atoms with Crippen molar-refractivity contribution in [2.75, 3.05) is 0 Å². The smallest absolute Gasteiger partial charge is 0.185 e. The van der Waals surface area contributed by atoms with Gasteiger partial charge in [-0.15, -0.1) is 0 Å². The van der Waals surface area contributed by atoms with Gasteiger partial charge in [-0.25, -0.2) is 0 Å². The molecule has 0 atom stereocenters. The molecule has 0 bridgehead atoms. The number of aryl methyl sites for hydroxylation is 2. The van der Waals surface area contributed by atoms with Gasteiger partial charge in [-0.05, 0) is 12.5 Å². The lowest BCUT2D eigenvalue weighted by Gasteiger charge is -1.97. The van der Waals surface area contributed by atoms with Crippen LogP contribution in [0.5, 0.6) is 0 Å². The van der Waals surface area contributed by atoms with E-state index in [2.05, 4.69) is 12.0 Å². The van der Waals surface area contributed by atoms with Gasteiger partial charge in [-0.1, -0.05) is 27.2 Å². The van der Waals surface area contributed by atoms with E-state index in [-0.39, 0.29) is 11.7 Å². The number of carbonyl (C=O) groups is 1. The second kappa shape index (κ2) is 4.40. The zero-order valence-corrected chi connectivity index (χ0v) is 9.37. The van der Waals surface area contributed by atoms with Crippen LogP contribution < -0.4 is 0 Å². The number of Topliss-reactive ketones (excluding diaryl/α,β-unsaturated/α-hetero) is 1. The van der Waals surface area contributed by atoms with Gasteiger partial charge >= 0.3 is 0 Å². The molecule has 1 rings (SSSR count). The monoisotopic (exact) mass is 194 g/mol. The maximum Gasteiger partial charge on any atom is 0.185 e. The zero-order chi connectivity index (χ0) is 10.7. The Kier molecular flexibility index (Phi) is 3.44. The summed E-state index contributed by atoms with van der Waals surface area (Å²) in [5.74, 6) is 0.155. The second-order valence-electron chi connectivity index (χ2n) is 3.91. The highest BCUT2D eigenvalue weighted by atomic mass is 16.1. The first kappa shape index (κ1) is 11.0. The van der Waals surface area contributed by atoms with E-state index in [1.165, 1.54) is 0 Å². The van der Waals surface area contributed by atoms with Gasteiger partial charge in [0.1, 0.15) is 5.69 Å². The Morgan fingerprint density at radius 1 is 1.57 bits per heavy atom. The number of carbonyl (C=O) groups excluding carboxylic acids is 1. The fourth-order valence-electron chi connectivity index (χ4n) is 1.41. The normalized spacial score (nSPS) is 10.9. The third-order valence-corrected chi connectivity index (χ3v) is 2.26. The van der Waals surface area contributed by atoms with Crippen molar-refractivity contribution in [3.05, 3.63) is 17.5 Å². The lowest BCUT2D eigenvalue weighted by atomic mass is 10.1. The maximum absolute atomic E-state index is 11.6. The van der Waals surface area contributed by atoms with E-state index in [4.69, 9.17) is 0 Å². The molecule has 0 saturated heterocycles. The summed E-state index contributed by atoms with van der Waals surface area (Å²) in [6.07, 6.45) is 2.06. The van der Waals surface area contributed by atoms with Crippen molar-refractivity contribution in [2.24, 2.45) is 13.0 Å². The molecule has 0 saturated carbocycles. The Bertz CT molecular complexity index is 326. The minimum absolute atomic E-state index is 0.0272. The van der Waals surface area contributed by atoms with Crippen LogP contribution >= 0.6 is 0 Å². The molecule has 1 heterocycles. The Morgan fingerprint density at radius 3 is 2.71 bits per heavy atom. The predicted molar refractivity (Wildman–Crippen MR) is 56.4 cm³/mol. The SMILES string of the molecule is CCCc1cc(C(=O)C(C)C)nn1C. The van der Waals surface area contributed by atoms with Gasteiger partial charge < -0.3 is 0 Å². The standard InChI is InChI=1S/C11H18N2O/c1-5-6-9-7-10(12-13(9)4)11(14)8(2)3/h7-8H,5-6H2,1-4H3. The van der Waals surface area contributed by atoms with Crippen LogP contribution in [-0.2, 0) is 13.5 Å². The third-order valence-electron chi connectivity index (χ3n) is 2.26. The summed E-state index contributed by atoms with van der Waals surface area (Å²) in [6.45, 7) is 5.92. The number of ketones is 1. The highest BCUT2D eigenvalue weighted by molar-refractivity contribution is 5.95. The molecule has 0 spiro atoms. The molecule has 0 N–H and O–H groups in total. The average Bonchev–Trinajstić information content (AvgIpc) is 2.47. The Balaban J connectivity index is 2.90. The minimum Gasteiger partial charge on any atom is -0.292 e. The highest BCUT2D eigenvalue weighted by Gasteiger charge is 2.15. The zero-order valence-electron chi connectivity index (χ0n) is 9.37. The van der Waals surface area contributed by atoms with Crippen molar-refractivity contribution in [3.8, 4) is 0 Å². The van der Waals surface area contributed by atoms with Crippen molar-refractivity contribution in [3.63, 3.8) is 0 Å². The van der Waals surface area contributed by atoms with E-state index in [0.29, 0.717) is 5.69 Å². The molecule has 14 heavy (non-hydrogen) atoms. The Hall–Kier alpha value is -1.12. The van der Waals surface area contributed by atoms with Crippen LogP contribution in [0.1, 0.15) is 43.4 Å². The van der Waals surface area contributed by atoms with Crippen molar-refractivity contribution in [1.29, 1.82) is 0 Å². The van der Waals surface area contributed by atoms with Crippen LogP contribution in [0.25, 0.3) is 0 Å². The Labute approximate surface area is 85.1 Å². The lowest BCUT2D eigenvalue weighted by Crippen LogP contribution is -2.08. The number of rotatable bonds is 4. The molecule has 1 aromatic heterocycles. The summed E-state index contributed by atoms with van der Waals surface area (Å²) in [7, 11) is 1.89. The van der Waals surface area contributed by atoms with Crippen LogP contribution in [0.15, 0.2) is 6.07 Å². The predicted octanol–water partition coefficient (Wildman–Crippen LogP) is 2.21. The van der Waals surface area contributed by atoms with E-state index < -0.39 is 0 Å².